The van der Waals surface area contributed by atoms with E-state index in [0.29, 0.717) is 19.6 Å². The van der Waals surface area contributed by atoms with E-state index in [1.54, 1.807) is 6.92 Å². The third-order valence-corrected chi connectivity index (χ3v) is 4.16. The standard InChI is InChI=1S/C19H28N2O2/c1-3-21(18-12-8-5-9-13-18)19(23)15-20(14-16(2)22)17-10-6-4-7-11-17/h4,6-7,10-12,16,22H,3,5,8-9,13-15H2,1-2H3. The number of aliphatic hydroxyl groups is 1. The second-order valence-electron chi connectivity index (χ2n) is 6.14. The maximum absolute atomic E-state index is 12.8. The predicted octanol–water partition coefficient (Wildman–Crippen LogP) is 3.18. The van der Waals surface area contributed by atoms with Crippen LogP contribution < -0.4 is 4.90 Å². The quantitative estimate of drug-likeness (QED) is 0.840. The summed E-state index contributed by atoms with van der Waals surface area (Å²) in [6.07, 6.45) is 6.15. The molecule has 126 valence electrons. The summed E-state index contributed by atoms with van der Waals surface area (Å²) >= 11 is 0. The molecule has 1 unspecified atom stereocenters. The van der Waals surface area contributed by atoms with Gasteiger partial charge >= 0.3 is 0 Å². The molecule has 0 spiro atoms. The van der Waals surface area contributed by atoms with E-state index in [2.05, 4.69) is 6.08 Å². The van der Waals surface area contributed by atoms with E-state index in [-0.39, 0.29) is 5.91 Å². The van der Waals surface area contributed by atoms with Gasteiger partial charge < -0.3 is 14.9 Å². The van der Waals surface area contributed by atoms with Crippen molar-refractivity contribution in [3.63, 3.8) is 0 Å². The number of nitrogens with zero attached hydrogens (tertiary/aromatic N) is 2. The van der Waals surface area contributed by atoms with E-state index < -0.39 is 6.10 Å². The smallest absolute Gasteiger partial charge is 0.246 e. The van der Waals surface area contributed by atoms with Crippen LogP contribution in [-0.4, -0.2) is 41.7 Å². The van der Waals surface area contributed by atoms with Crippen molar-refractivity contribution in [3.8, 4) is 0 Å². The molecule has 0 radical (unpaired) electrons. The fourth-order valence-corrected chi connectivity index (χ4v) is 3.07. The zero-order valence-corrected chi connectivity index (χ0v) is 14.2. The van der Waals surface area contributed by atoms with Crippen molar-refractivity contribution in [2.75, 3.05) is 24.5 Å². The highest BCUT2D eigenvalue weighted by atomic mass is 16.3. The molecule has 1 atom stereocenters. The summed E-state index contributed by atoms with van der Waals surface area (Å²) in [6, 6.07) is 9.82. The summed E-state index contributed by atoms with van der Waals surface area (Å²) in [4.78, 5) is 16.7. The van der Waals surface area contributed by atoms with E-state index in [0.717, 1.165) is 30.6 Å². The van der Waals surface area contributed by atoms with Crippen LogP contribution in [0.3, 0.4) is 0 Å². The van der Waals surface area contributed by atoms with Gasteiger partial charge in [-0.3, -0.25) is 4.79 Å². The maximum Gasteiger partial charge on any atom is 0.246 e. The lowest BCUT2D eigenvalue weighted by atomic mass is 10.0. The van der Waals surface area contributed by atoms with Crippen LogP contribution in [0.4, 0.5) is 5.69 Å². The molecular weight excluding hydrogens is 288 g/mol. The Morgan fingerprint density at radius 1 is 1.26 bits per heavy atom. The van der Waals surface area contributed by atoms with E-state index in [4.69, 9.17) is 0 Å². The first-order valence-corrected chi connectivity index (χ1v) is 8.59. The number of carbonyl (C=O) groups excluding carboxylic acids is 1. The first-order valence-electron chi connectivity index (χ1n) is 8.59. The minimum absolute atomic E-state index is 0.102. The van der Waals surface area contributed by atoms with Crippen molar-refractivity contribution in [2.45, 2.75) is 45.6 Å². The topological polar surface area (TPSA) is 43.8 Å². The summed E-state index contributed by atoms with van der Waals surface area (Å²) < 4.78 is 0. The molecule has 1 N–H and O–H groups in total. The number of hydrogen-bond acceptors (Lipinski definition) is 3. The Hall–Kier alpha value is -1.81. The molecule has 2 rings (SSSR count). The van der Waals surface area contributed by atoms with Gasteiger partial charge in [-0.2, -0.15) is 0 Å². The Balaban J connectivity index is 2.11. The molecule has 0 heterocycles. The fourth-order valence-electron chi connectivity index (χ4n) is 3.07. The third-order valence-electron chi connectivity index (χ3n) is 4.16. The van der Waals surface area contributed by atoms with Crippen LogP contribution in [-0.2, 0) is 4.79 Å². The molecule has 1 aromatic rings. The third kappa shape index (κ3) is 5.10. The van der Waals surface area contributed by atoms with Gasteiger partial charge in [-0.15, -0.1) is 0 Å². The van der Waals surface area contributed by atoms with Crippen molar-refractivity contribution < 1.29 is 9.90 Å². The van der Waals surface area contributed by atoms with Gasteiger partial charge in [-0.1, -0.05) is 24.3 Å². The molecule has 0 bridgehead atoms. The Labute approximate surface area is 139 Å². The normalized spacial score (nSPS) is 15.7. The fraction of sp³-hybridized carbons (Fsp3) is 0.526. The summed E-state index contributed by atoms with van der Waals surface area (Å²) in [5.41, 5.74) is 2.13. The van der Waals surface area contributed by atoms with Crippen molar-refractivity contribution in [2.24, 2.45) is 0 Å². The minimum Gasteiger partial charge on any atom is -0.392 e. The van der Waals surface area contributed by atoms with Crippen LogP contribution in [0.1, 0.15) is 39.5 Å². The first kappa shape index (κ1) is 17.5. The van der Waals surface area contributed by atoms with E-state index >= 15 is 0 Å². The average Bonchev–Trinajstić information content (AvgIpc) is 2.56. The van der Waals surface area contributed by atoms with Crippen molar-refractivity contribution >= 4 is 11.6 Å². The molecule has 1 aliphatic carbocycles. The lowest BCUT2D eigenvalue weighted by Gasteiger charge is -2.31. The van der Waals surface area contributed by atoms with Gasteiger partial charge in [-0.25, -0.2) is 0 Å². The molecule has 23 heavy (non-hydrogen) atoms. The molecule has 0 saturated heterocycles. The molecule has 1 amide bonds. The molecule has 0 aromatic heterocycles. The maximum atomic E-state index is 12.8. The average molecular weight is 316 g/mol. The van der Waals surface area contributed by atoms with Gasteiger partial charge in [0.1, 0.15) is 0 Å². The highest BCUT2D eigenvalue weighted by Crippen LogP contribution is 2.22. The Bertz CT molecular complexity index is 525. The lowest BCUT2D eigenvalue weighted by Crippen LogP contribution is -2.42. The highest BCUT2D eigenvalue weighted by molar-refractivity contribution is 5.83. The second-order valence-corrected chi connectivity index (χ2v) is 6.14. The SMILES string of the molecule is CCN(C(=O)CN(CC(C)O)c1ccccc1)C1=CCCCC1. The Morgan fingerprint density at radius 3 is 2.57 bits per heavy atom. The van der Waals surface area contributed by atoms with E-state index in [9.17, 15) is 9.90 Å². The van der Waals surface area contributed by atoms with Gasteiger partial charge in [0, 0.05) is 24.5 Å². The molecule has 4 heteroatoms. The summed E-state index contributed by atoms with van der Waals surface area (Å²) in [5.74, 6) is 0.102. The molecule has 1 aromatic carbocycles. The molecule has 1 aliphatic rings. The molecule has 0 aliphatic heterocycles. The number of allylic oxidation sites excluding steroid dienone is 2. The van der Waals surface area contributed by atoms with Gasteiger partial charge in [0.25, 0.3) is 0 Å². The number of anilines is 1. The zero-order chi connectivity index (χ0) is 16.7. The molecule has 0 fully saturated rings. The van der Waals surface area contributed by atoms with Crippen LogP contribution in [0, 0.1) is 0 Å². The summed E-state index contributed by atoms with van der Waals surface area (Å²) in [6.45, 7) is 5.21. The van der Waals surface area contributed by atoms with Crippen molar-refractivity contribution in [1.29, 1.82) is 0 Å². The predicted molar refractivity (Wildman–Crippen MR) is 94.3 cm³/mol. The van der Waals surface area contributed by atoms with Crippen LogP contribution in [0.2, 0.25) is 0 Å². The van der Waals surface area contributed by atoms with Crippen molar-refractivity contribution in [1.82, 2.24) is 4.90 Å². The Kier molecular flexibility index (Phi) is 6.66. The zero-order valence-electron chi connectivity index (χ0n) is 14.2. The number of likely N-dealkylation sites (N-methyl/N-ethyl adjacent to an activating group) is 1. The van der Waals surface area contributed by atoms with Crippen LogP contribution in [0.25, 0.3) is 0 Å². The van der Waals surface area contributed by atoms with Crippen LogP contribution in [0.15, 0.2) is 42.1 Å². The summed E-state index contributed by atoms with van der Waals surface area (Å²) in [7, 11) is 0. The van der Waals surface area contributed by atoms with Crippen LogP contribution >= 0.6 is 0 Å². The number of rotatable bonds is 7. The van der Waals surface area contributed by atoms with Gasteiger partial charge in [0.05, 0.1) is 12.6 Å². The Morgan fingerprint density at radius 2 is 2.00 bits per heavy atom. The largest absolute Gasteiger partial charge is 0.392 e. The lowest BCUT2D eigenvalue weighted by molar-refractivity contribution is -0.127. The first-order chi connectivity index (χ1) is 11.1. The van der Waals surface area contributed by atoms with E-state index in [1.807, 2.05) is 47.1 Å². The van der Waals surface area contributed by atoms with Crippen molar-refractivity contribution in [3.05, 3.63) is 42.1 Å². The highest BCUT2D eigenvalue weighted by Gasteiger charge is 2.21. The van der Waals surface area contributed by atoms with E-state index in [1.165, 1.54) is 6.42 Å². The molecule has 4 nitrogen and oxygen atoms in total. The van der Waals surface area contributed by atoms with Crippen LogP contribution in [0.5, 0.6) is 0 Å². The second kappa shape index (κ2) is 8.73. The molecular formula is C19H28N2O2. The van der Waals surface area contributed by atoms with Gasteiger partial charge in [0.2, 0.25) is 5.91 Å². The minimum atomic E-state index is -0.480. The number of hydrogen-bond donors (Lipinski definition) is 1. The number of para-hydroxylation sites is 1. The van der Waals surface area contributed by atoms with Gasteiger partial charge in [-0.05, 0) is 51.7 Å². The number of benzene rings is 1. The number of amides is 1. The summed E-state index contributed by atoms with van der Waals surface area (Å²) in [5, 5.41) is 9.76. The monoisotopic (exact) mass is 316 g/mol. The number of aliphatic hydroxyl groups excluding tert-OH is 1. The number of carbonyl (C=O) groups is 1. The molecule has 0 saturated carbocycles. The van der Waals surface area contributed by atoms with Gasteiger partial charge in [0.15, 0.2) is 0 Å².